The molecule has 0 radical (unpaired) electrons. The SMILES string of the molecule is CCSCCCNCC1CN(CC)CCO1. The highest BCUT2D eigenvalue weighted by Crippen LogP contribution is 2.04. The number of thioether (sulfide) groups is 1. The Morgan fingerprint density at radius 2 is 2.31 bits per heavy atom. The van der Waals surface area contributed by atoms with Gasteiger partial charge in [0.25, 0.3) is 0 Å². The number of nitrogens with zero attached hydrogens (tertiary/aromatic N) is 1. The third kappa shape index (κ3) is 6.09. The Hall–Kier alpha value is 0.230. The summed E-state index contributed by atoms with van der Waals surface area (Å²) in [5, 5.41) is 3.49. The lowest BCUT2D eigenvalue weighted by atomic mass is 10.2. The van der Waals surface area contributed by atoms with Crippen LogP contribution in [-0.2, 0) is 4.74 Å². The van der Waals surface area contributed by atoms with Crippen LogP contribution >= 0.6 is 11.8 Å². The molecular weight excluding hydrogens is 220 g/mol. The van der Waals surface area contributed by atoms with E-state index >= 15 is 0 Å². The summed E-state index contributed by atoms with van der Waals surface area (Å²) in [5.41, 5.74) is 0. The van der Waals surface area contributed by atoms with E-state index in [9.17, 15) is 0 Å². The number of hydrogen-bond acceptors (Lipinski definition) is 4. The van der Waals surface area contributed by atoms with Crippen LogP contribution in [0.5, 0.6) is 0 Å². The summed E-state index contributed by atoms with van der Waals surface area (Å²) in [5.74, 6) is 2.51. The predicted molar refractivity (Wildman–Crippen MR) is 72.3 cm³/mol. The average Bonchev–Trinajstić information content (AvgIpc) is 2.34. The molecule has 1 heterocycles. The summed E-state index contributed by atoms with van der Waals surface area (Å²) in [6.45, 7) is 10.8. The van der Waals surface area contributed by atoms with Crippen molar-refractivity contribution in [2.75, 3.05) is 50.8 Å². The normalized spacial score (nSPS) is 22.5. The van der Waals surface area contributed by atoms with E-state index in [1.165, 1.54) is 17.9 Å². The van der Waals surface area contributed by atoms with Crippen LogP contribution in [0.25, 0.3) is 0 Å². The molecule has 0 saturated carbocycles. The van der Waals surface area contributed by atoms with Crippen molar-refractivity contribution < 1.29 is 4.74 Å². The van der Waals surface area contributed by atoms with Crippen LogP contribution in [0.3, 0.4) is 0 Å². The van der Waals surface area contributed by atoms with Gasteiger partial charge in [0, 0.05) is 19.6 Å². The van der Waals surface area contributed by atoms with Crippen molar-refractivity contribution in [1.82, 2.24) is 10.2 Å². The van der Waals surface area contributed by atoms with Gasteiger partial charge in [-0.15, -0.1) is 0 Å². The first-order chi connectivity index (χ1) is 7.86. The molecule has 1 fully saturated rings. The monoisotopic (exact) mass is 246 g/mol. The fraction of sp³-hybridized carbons (Fsp3) is 1.00. The molecule has 1 aliphatic heterocycles. The van der Waals surface area contributed by atoms with Gasteiger partial charge in [0.15, 0.2) is 0 Å². The number of nitrogens with one attached hydrogen (secondary N) is 1. The Labute approximate surface area is 104 Å². The second-order valence-electron chi connectivity index (χ2n) is 4.14. The zero-order valence-electron chi connectivity index (χ0n) is 10.7. The summed E-state index contributed by atoms with van der Waals surface area (Å²) >= 11 is 2.02. The molecule has 1 aliphatic rings. The first-order valence-electron chi connectivity index (χ1n) is 6.49. The molecule has 0 bridgehead atoms. The third-order valence-corrected chi connectivity index (χ3v) is 3.87. The lowest BCUT2D eigenvalue weighted by Crippen LogP contribution is -2.46. The lowest BCUT2D eigenvalue weighted by molar-refractivity contribution is -0.0251. The minimum Gasteiger partial charge on any atom is -0.374 e. The van der Waals surface area contributed by atoms with Crippen LogP contribution in [-0.4, -0.2) is 61.8 Å². The maximum Gasteiger partial charge on any atom is 0.0826 e. The quantitative estimate of drug-likeness (QED) is 0.655. The number of rotatable bonds is 8. The Balaban J connectivity index is 1.95. The zero-order chi connectivity index (χ0) is 11.6. The molecule has 4 heteroatoms. The Kier molecular flexibility index (Phi) is 8.29. The highest BCUT2D eigenvalue weighted by atomic mass is 32.2. The van der Waals surface area contributed by atoms with Gasteiger partial charge in [0.05, 0.1) is 12.7 Å². The van der Waals surface area contributed by atoms with Gasteiger partial charge in [-0.2, -0.15) is 11.8 Å². The van der Waals surface area contributed by atoms with Crippen LogP contribution in [0, 0.1) is 0 Å². The highest BCUT2D eigenvalue weighted by Gasteiger charge is 2.18. The molecule has 1 atom stereocenters. The number of likely N-dealkylation sites (N-methyl/N-ethyl adjacent to an activating group) is 1. The predicted octanol–water partition coefficient (Wildman–Crippen LogP) is 1.44. The molecule has 1 unspecified atom stereocenters. The molecule has 0 aromatic heterocycles. The summed E-state index contributed by atoms with van der Waals surface area (Å²) in [6.07, 6.45) is 1.66. The Morgan fingerprint density at radius 1 is 1.44 bits per heavy atom. The van der Waals surface area contributed by atoms with Crippen molar-refractivity contribution in [1.29, 1.82) is 0 Å². The fourth-order valence-corrected chi connectivity index (χ4v) is 2.53. The smallest absolute Gasteiger partial charge is 0.0826 e. The molecule has 0 aromatic carbocycles. The van der Waals surface area contributed by atoms with Gasteiger partial charge >= 0.3 is 0 Å². The summed E-state index contributed by atoms with van der Waals surface area (Å²) in [7, 11) is 0. The number of morpholine rings is 1. The molecule has 16 heavy (non-hydrogen) atoms. The van der Waals surface area contributed by atoms with Crippen LogP contribution < -0.4 is 5.32 Å². The molecule has 96 valence electrons. The molecule has 3 nitrogen and oxygen atoms in total. The largest absolute Gasteiger partial charge is 0.374 e. The number of ether oxygens (including phenoxy) is 1. The van der Waals surface area contributed by atoms with Gasteiger partial charge in [0.2, 0.25) is 0 Å². The van der Waals surface area contributed by atoms with Crippen molar-refractivity contribution in [2.45, 2.75) is 26.4 Å². The van der Waals surface area contributed by atoms with Crippen molar-refractivity contribution in [3.05, 3.63) is 0 Å². The third-order valence-electron chi connectivity index (χ3n) is 2.89. The van der Waals surface area contributed by atoms with Gasteiger partial charge in [0.1, 0.15) is 0 Å². The van der Waals surface area contributed by atoms with Gasteiger partial charge in [-0.3, -0.25) is 4.90 Å². The molecule has 0 amide bonds. The van der Waals surface area contributed by atoms with E-state index in [0.717, 1.165) is 39.3 Å². The molecular formula is C12H26N2OS. The van der Waals surface area contributed by atoms with E-state index < -0.39 is 0 Å². The van der Waals surface area contributed by atoms with Gasteiger partial charge in [-0.05, 0) is 31.0 Å². The molecule has 0 aliphatic carbocycles. The molecule has 0 aromatic rings. The van der Waals surface area contributed by atoms with Crippen LogP contribution in [0.1, 0.15) is 20.3 Å². The van der Waals surface area contributed by atoms with Crippen molar-refractivity contribution in [3.63, 3.8) is 0 Å². The van der Waals surface area contributed by atoms with E-state index in [1.807, 2.05) is 11.8 Å². The molecule has 1 saturated heterocycles. The van der Waals surface area contributed by atoms with Crippen molar-refractivity contribution in [2.24, 2.45) is 0 Å². The van der Waals surface area contributed by atoms with E-state index in [1.54, 1.807) is 0 Å². The summed E-state index contributed by atoms with van der Waals surface area (Å²) in [6, 6.07) is 0. The highest BCUT2D eigenvalue weighted by molar-refractivity contribution is 7.99. The topological polar surface area (TPSA) is 24.5 Å². The fourth-order valence-electron chi connectivity index (χ4n) is 1.90. The number of hydrogen-bond donors (Lipinski definition) is 1. The summed E-state index contributed by atoms with van der Waals surface area (Å²) < 4.78 is 5.73. The van der Waals surface area contributed by atoms with E-state index in [-0.39, 0.29) is 0 Å². The zero-order valence-corrected chi connectivity index (χ0v) is 11.5. The van der Waals surface area contributed by atoms with Crippen LogP contribution in [0.2, 0.25) is 0 Å². The molecule has 1 N–H and O–H groups in total. The summed E-state index contributed by atoms with van der Waals surface area (Å²) in [4.78, 5) is 2.46. The minimum atomic E-state index is 0.396. The van der Waals surface area contributed by atoms with E-state index in [0.29, 0.717) is 6.10 Å². The standard InChI is InChI=1S/C12H26N2OS/c1-3-14-7-8-15-12(11-14)10-13-6-5-9-16-4-2/h12-13H,3-11H2,1-2H3. The second kappa shape index (κ2) is 9.28. The average molecular weight is 246 g/mol. The van der Waals surface area contributed by atoms with Crippen LogP contribution in [0.15, 0.2) is 0 Å². The molecule has 1 rings (SSSR count). The van der Waals surface area contributed by atoms with Gasteiger partial charge in [-0.1, -0.05) is 13.8 Å². The Morgan fingerprint density at radius 3 is 3.06 bits per heavy atom. The van der Waals surface area contributed by atoms with Gasteiger partial charge < -0.3 is 10.1 Å². The van der Waals surface area contributed by atoms with Crippen molar-refractivity contribution in [3.8, 4) is 0 Å². The second-order valence-corrected chi connectivity index (χ2v) is 5.53. The van der Waals surface area contributed by atoms with Crippen LogP contribution in [0.4, 0.5) is 0 Å². The first-order valence-corrected chi connectivity index (χ1v) is 7.64. The Bertz CT molecular complexity index is 169. The first kappa shape index (κ1) is 14.3. The lowest BCUT2D eigenvalue weighted by Gasteiger charge is -2.32. The van der Waals surface area contributed by atoms with Crippen molar-refractivity contribution >= 4 is 11.8 Å². The minimum absolute atomic E-state index is 0.396. The molecule has 0 spiro atoms. The van der Waals surface area contributed by atoms with E-state index in [2.05, 4.69) is 24.1 Å². The maximum atomic E-state index is 5.73. The maximum absolute atomic E-state index is 5.73. The van der Waals surface area contributed by atoms with E-state index in [4.69, 9.17) is 4.74 Å². The van der Waals surface area contributed by atoms with Gasteiger partial charge in [-0.25, -0.2) is 0 Å².